The van der Waals surface area contributed by atoms with Crippen molar-refractivity contribution in [2.24, 2.45) is 12.0 Å². The third-order valence-corrected chi connectivity index (χ3v) is 8.53. The van der Waals surface area contributed by atoms with E-state index in [2.05, 4.69) is 4.99 Å². The van der Waals surface area contributed by atoms with Crippen molar-refractivity contribution in [1.29, 1.82) is 0 Å². The van der Waals surface area contributed by atoms with Crippen molar-refractivity contribution in [3.8, 4) is 11.5 Å². The molecule has 8 nitrogen and oxygen atoms in total. The van der Waals surface area contributed by atoms with Gasteiger partial charge in [0, 0.05) is 37.8 Å². The van der Waals surface area contributed by atoms with Gasteiger partial charge < -0.3 is 14.0 Å². The summed E-state index contributed by atoms with van der Waals surface area (Å²) >= 11 is 1.38. The first-order chi connectivity index (χ1) is 14.8. The summed E-state index contributed by atoms with van der Waals surface area (Å²) in [5, 5.41) is 0. The van der Waals surface area contributed by atoms with Crippen LogP contribution >= 0.6 is 11.3 Å². The number of ether oxygens (including phenoxy) is 2. The zero-order valence-corrected chi connectivity index (χ0v) is 18.7. The number of hydrogen-bond donors (Lipinski definition) is 0. The van der Waals surface area contributed by atoms with E-state index in [-0.39, 0.29) is 10.9 Å². The summed E-state index contributed by atoms with van der Waals surface area (Å²) < 4.78 is 40.7. The fourth-order valence-corrected chi connectivity index (χ4v) is 5.94. The van der Waals surface area contributed by atoms with Crippen LogP contribution in [0.15, 0.2) is 46.3 Å². The minimum atomic E-state index is -3.54. The predicted molar refractivity (Wildman–Crippen MR) is 116 cm³/mol. The van der Waals surface area contributed by atoms with Crippen molar-refractivity contribution in [1.82, 2.24) is 8.87 Å². The van der Waals surface area contributed by atoms with Gasteiger partial charge in [-0.25, -0.2) is 8.42 Å². The number of aromatic nitrogens is 1. The van der Waals surface area contributed by atoms with Gasteiger partial charge in [-0.1, -0.05) is 11.3 Å². The molecule has 2 heterocycles. The van der Waals surface area contributed by atoms with Gasteiger partial charge in [0.1, 0.15) is 13.2 Å². The van der Waals surface area contributed by atoms with E-state index in [1.54, 1.807) is 7.05 Å². The normalized spacial score (nSPS) is 16.8. The van der Waals surface area contributed by atoms with E-state index in [1.165, 1.54) is 39.9 Å². The van der Waals surface area contributed by atoms with Gasteiger partial charge in [0.15, 0.2) is 16.3 Å². The lowest BCUT2D eigenvalue weighted by molar-refractivity contribution is 0.0998. The summed E-state index contributed by atoms with van der Waals surface area (Å²) in [6.45, 7) is 1.01. The number of amides is 1. The van der Waals surface area contributed by atoms with Gasteiger partial charge in [-0.05, 0) is 37.1 Å². The molecule has 3 aromatic rings. The summed E-state index contributed by atoms with van der Waals surface area (Å²) in [4.78, 5) is 17.7. The SMILES string of the molecule is CN(C1CC1)S(=O)(=O)c1ccc(C(=O)N=c2sc3cc4c(cc3n2C)OCCO4)cc1. The van der Waals surface area contributed by atoms with Crippen molar-refractivity contribution >= 4 is 37.5 Å². The molecule has 1 saturated carbocycles. The second-order valence-corrected chi connectivity index (χ2v) is 10.6. The second kappa shape index (κ2) is 7.47. The van der Waals surface area contributed by atoms with Gasteiger partial charge >= 0.3 is 0 Å². The van der Waals surface area contributed by atoms with E-state index in [0.717, 1.165) is 23.1 Å². The number of nitrogens with zero attached hydrogens (tertiary/aromatic N) is 3. The highest BCUT2D eigenvalue weighted by molar-refractivity contribution is 7.89. The van der Waals surface area contributed by atoms with E-state index in [4.69, 9.17) is 9.47 Å². The van der Waals surface area contributed by atoms with E-state index in [1.807, 2.05) is 23.7 Å². The number of fused-ring (bicyclic) bond motifs is 2. The highest BCUT2D eigenvalue weighted by atomic mass is 32.2. The average molecular weight is 460 g/mol. The first kappa shape index (κ1) is 20.2. The Balaban J connectivity index is 1.45. The number of thiazole rings is 1. The molecule has 1 fully saturated rings. The molecule has 0 saturated heterocycles. The van der Waals surface area contributed by atoms with Crippen molar-refractivity contribution in [3.63, 3.8) is 0 Å². The van der Waals surface area contributed by atoms with Gasteiger partial charge in [0.25, 0.3) is 5.91 Å². The Morgan fingerprint density at radius 2 is 1.77 bits per heavy atom. The molecule has 5 rings (SSSR count). The van der Waals surface area contributed by atoms with Crippen LogP contribution in [0.2, 0.25) is 0 Å². The molecule has 2 aromatic carbocycles. The number of carbonyl (C=O) groups excluding carboxylic acids is 1. The monoisotopic (exact) mass is 459 g/mol. The molecule has 1 amide bonds. The van der Waals surface area contributed by atoms with Crippen LogP contribution in [0.3, 0.4) is 0 Å². The largest absolute Gasteiger partial charge is 0.486 e. The van der Waals surface area contributed by atoms with Crippen LogP contribution < -0.4 is 14.3 Å². The van der Waals surface area contributed by atoms with Gasteiger partial charge in [0.05, 0.1) is 15.1 Å². The minimum absolute atomic E-state index is 0.0794. The van der Waals surface area contributed by atoms with Crippen LogP contribution in [0.25, 0.3) is 10.2 Å². The quantitative estimate of drug-likeness (QED) is 0.598. The topological polar surface area (TPSA) is 90.2 Å². The molecule has 0 bridgehead atoms. The molecule has 1 aliphatic heterocycles. The molecule has 2 aliphatic rings. The lowest BCUT2D eigenvalue weighted by Crippen LogP contribution is -2.28. The van der Waals surface area contributed by atoms with E-state index in [0.29, 0.717) is 35.1 Å². The molecule has 162 valence electrons. The van der Waals surface area contributed by atoms with Crippen LogP contribution in [0, 0.1) is 0 Å². The number of aryl methyl sites for hydroxylation is 1. The molecule has 0 atom stereocenters. The number of carbonyl (C=O) groups is 1. The van der Waals surface area contributed by atoms with Crippen LogP contribution in [-0.4, -0.2) is 49.5 Å². The second-order valence-electron chi connectivity index (χ2n) is 7.60. The van der Waals surface area contributed by atoms with Crippen molar-refractivity contribution in [3.05, 3.63) is 46.8 Å². The number of rotatable bonds is 4. The standard InChI is InChI=1S/C21H21N3O5S2/c1-23-16-11-17-18(29-10-9-28-17)12-19(16)30-21(23)22-20(25)13-3-7-15(8-4-13)31(26,27)24(2)14-5-6-14/h3-4,7-8,11-12,14H,5-6,9-10H2,1-2H3. The Morgan fingerprint density at radius 3 is 2.42 bits per heavy atom. The molecular weight excluding hydrogens is 438 g/mol. The third-order valence-electron chi connectivity index (χ3n) is 5.51. The van der Waals surface area contributed by atoms with Crippen LogP contribution in [0.1, 0.15) is 23.2 Å². The highest BCUT2D eigenvalue weighted by Crippen LogP contribution is 2.35. The molecule has 10 heteroatoms. The fourth-order valence-electron chi connectivity index (χ4n) is 3.49. The maximum atomic E-state index is 12.7. The first-order valence-electron chi connectivity index (χ1n) is 9.91. The van der Waals surface area contributed by atoms with Gasteiger partial charge in [0.2, 0.25) is 10.0 Å². The van der Waals surface area contributed by atoms with E-state index < -0.39 is 15.9 Å². The first-order valence-corrected chi connectivity index (χ1v) is 12.2. The molecule has 0 N–H and O–H groups in total. The molecule has 0 unspecified atom stereocenters. The molecule has 0 spiro atoms. The Hall–Kier alpha value is -2.69. The number of benzene rings is 2. The minimum Gasteiger partial charge on any atom is -0.486 e. The Bertz CT molecular complexity index is 1350. The Labute approximate surface area is 183 Å². The van der Waals surface area contributed by atoms with Crippen molar-refractivity contribution in [2.75, 3.05) is 20.3 Å². The zero-order chi connectivity index (χ0) is 21.8. The summed E-state index contributed by atoms with van der Waals surface area (Å²) in [6.07, 6.45) is 1.78. The Morgan fingerprint density at radius 1 is 1.13 bits per heavy atom. The number of sulfonamides is 1. The summed E-state index contributed by atoms with van der Waals surface area (Å²) in [7, 11) is -0.112. The lowest BCUT2D eigenvalue weighted by Gasteiger charge is -2.18. The maximum absolute atomic E-state index is 12.7. The van der Waals surface area contributed by atoms with E-state index >= 15 is 0 Å². The smallest absolute Gasteiger partial charge is 0.279 e. The Kier molecular flexibility index (Phi) is 4.87. The van der Waals surface area contributed by atoms with Crippen LogP contribution in [0.4, 0.5) is 0 Å². The average Bonchev–Trinajstić information content (AvgIpc) is 3.58. The van der Waals surface area contributed by atoms with Crippen LogP contribution in [-0.2, 0) is 17.1 Å². The summed E-state index contributed by atoms with van der Waals surface area (Å²) in [5.41, 5.74) is 1.22. The molecule has 1 aromatic heterocycles. The molecule has 0 radical (unpaired) electrons. The summed E-state index contributed by atoms with van der Waals surface area (Å²) in [5.74, 6) is 0.934. The fraction of sp³-hybridized carbons (Fsp3) is 0.333. The molecular formula is C21H21N3O5S2. The van der Waals surface area contributed by atoms with Crippen molar-refractivity contribution < 1.29 is 22.7 Å². The highest BCUT2D eigenvalue weighted by Gasteiger charge is 2.35. The summed E-state index contributed by atoms with van der Waals surface area (Å²) in [6, 6.07) is 9.80. The van der Waals surface area contributed by atoms with Crippen molar-refractivity contribution in [2.45, 2.75) is 23.8 Å². The molecule has 31 heavy (non-hydrogen) atoms. The lowest BCUT2D eigenvalue weighted by atomic mass is 10.2. The maximum Gasteiger partial charge on any atom is 0.279 e. The van der Waals surface area contributed by atoms with Crippen LogP contribution in [0.5, 0.6) is 11.5 Å². The van der Waals surface area contributed by atoms with E-state index in [9.17, 15) is 13.2 Å². The van der Waals surface area contributed by atoms with Gasteiger partial charge in [-0.15, -0.1) is 0 Å². The zero-order valence-electron chi connectivity index (χ0n) is 17.1. The third kappa shape index (κ3) is 3.64. The number of hydrogen-bond acceptors (Lipinski definition) is 6. The predicted octanol–water partition coefficient (Wildman–Crippen LogP) is 2.54. The molecule has 1 aliphatic carbocycles. The van der Waals surface area contributed by atoms with Gasteiger partial charge in [-0.3, -0.25) is 4.79 Å². The van der Waals surface area contributed by atoms with Gasteiger partial charge in [-0.2, -0.15) is 9.30 Å².